The Kier molecular flexibility index (Phi) is 3.55. The molecule has 0 amide bonds. The third kappa shape index (κ3) is 1.96. The van der Waals surface area contributed by atoms with E-state index in [4.69, 9.17) is 4.74 Å². The van der Waals surface area contributed by atoms with Gasteiger partial charge in [-0.25, -0.2) is 0 Å². The molecule has 1 aromatic heterocycles. The maximum atomic E-state index is 13.1. The number of ether oxygens (including phenoxy) is 1. The van der Waals surface area contributed by atoms with E-state index < -0.39 is 45.9 Å². The van der Waals surface area contributed by atoms with Gasteiger partial charge in [0.2, 0.25) is 11.6 Å². The van der Waals surface area contributed by atoms with Crippen LogP contribution < -0.4 is 0 Å². The maximum absolute atomic E-state index is 13.1. The number of nitrogens with zero attached hydrogens (tertiary/aromatic N) is 1. The van der Waals surface area contributed by atoms with Gasteiger partial charge in [-0.3, -0.25) is 24.5 Å². The number of carbonyl (C=O) groups excluding carboxylic acids is 3. The van der Waals surface area contributed by atoms with Crippen LogP contribution in [0.3, 0.4) is 0 Å². The quantitative estimate of drug-likeness (QED) is 0.348. The van der Waals surface area contributed by atoms with Gasteiger partial charge in [0.05, 0.1) is 11.8 Å². The van der Waals surface area contributed by atoms with Crippen molar-refractivity contribution in [3.8, 4) is 0 Å². The summed E-state index contributed by atoms with van der Waals surface area (Å²) >= 11 is 1.25. The predicted octanol–water partition coefficient (Wildman–Crippen LogP) is 2.49. The molecule has 1 saturated heterocycles. The molecule has 2 aliphatic rings. The average molecular weight is 371 g/mol. The molecule has 0 unspecified atom stereocenters. The number of thiophene rings is 1. The van der Waals surface area contributed by atoms with Gasteiger partial charge in [-0.15, -0.1) is 11.3 Å². The summed E-state index contributed by atoms with van der Waals surface area (Å²) in [7, 11) is 0. The Morgan fingerprint density at radius 1 is 1.08 bits per heavy atom. The monoisotopic (exact) mass is 371 g/mol. The molecule has 2 aromatic rings. The molecule has 3 atom stereocenters. The Hall–Kier alpha value is -2.87. The SMILES string of the molecule is C[C@H]1C(=O)OC2(C(=O)c3ccccc3C2=O)[C@@H]([N+](=O)[O-])[C@@H]1c1cccs1. The smallest absolute Gasteiger partial charge is 0.311 e. The van der Waals surface area contributed by atoms with Gasteiger partial charge in [-0.2, -0.15) is 0 Å². The number of fused-ring (bicyclic) bond motifs is 1. The first-order valence-corrected chi connectivity index (χ1v) is 8.86. The highest BCUT2D eigenvalue weighted by molar-refractivity contribution is 7.10. The summed E-state index contributed by atoms with van der Waals surface area (Å²) in [5, 5.41) is 13.8. The third-order valence-corrected chi connectivity index (χ3v) is 6.09. The second-order valence-corrected chi connectivity index (χ2v) is 7.40. The minimum atomic E-state index is -2.44. The van der Waals surface area contributed by atoms with Gasteiger partial charge in [-0.05, 0) is 11.4 Å². The van der Waals surface area contributed by atoms with Gasteiger partial charge >= 0.3 is 11.6 Å². The summed E-state index contributed by atoms with van der Waals surface area (Å²) < 4.78 is 5.28. The largest absolute Gasteiger partial charge is 0.434 e. The zero-order chi connectivity index (χ0) is 18.6. The Bertz CT molecular complexity index is 915. The van der Waals surface area contributed by atoms with Crippen molar-refractivity contribution < 1.29 is 24.0 Å². The summed E-state index contributed by atoms with van der Waals surface area (Å²) in [5.74, 6) is -4.19. The van der Waals surface area contributed by atoms with Crippen LogP contribution in [-0.4, -0.2) is 34.1 Å². The van der Waals surface area contributed by atoms with E-state index in [0.717, 1.165) is 0 Å². The van der Waals surface area contributed by atoms with E-state index in [1.807, 2.05) is 0 Å². The fraction of sp³-hybridized carbons (Fsp3) is 0.278. The van der Waals surface area contributed by atoms with Crippen molar-refractivity contribution >= 4 is 28.9 Å². The summed E-state index contributed by atoms with van der Waals surface area (Å²) in [6, 6.07) is 7.68. The lowest BCUT2D eigenvalue weighted by molar-refractivity contribution is -0.544. The van der Waals surface area contributed by atoms with Gasteiger partial charge in [0.1, 0.15) is 0 Å². The molecule has 1 spiro atoms. The topological polar surface area (TPSA) is 104 Å². The highest BCUT2D eigenvalue weighted by Crippen LogP contribution is 2.48. The molecule has 1 aromatic carbocycles. The summed E-state index contributed by atoms with van der Waals surface area (Å²) in [6.45, 7) is 1.52. The summed E-state index contributed by atoms with van der Waals surface area (Å²) in [4.78, 5) is 50.6. The fourth-order valence-electron chi connectivity index (χ4n) is 3.89. The van der Waals surface area contributed by atoms with Crippen LogP contribution in [0.1, 0.15) is 38.4 Å². The number of rotatable bonds is 2. The first-order valence-electron chi connectivity index (χ1n) is 7.98. The lowest BCUT2D eigenvalue weighted by Crippen LogP contribution is -2.65. The Morgan fingerprint density at radius 3 is 2.19 bits per heavy atom. The van der Waals surface area contributed by atoms with Gasteiger partial charge in [0, 0.05) is 20.9 Å². The van der Waals surface area contributed by atoms with Crippen LogP contribution in [0.5, 0.6) is 0 Å². The second-order valence-electron chi connectivity index (χ2n) is 6.42. The standard InChI is InChI=1S/C18H13NO6S/c1-9-13(12-7-4-8-26-12)14(19(23)24)18(25-17(9)22)15(20)10-5-2-3-6-11(10)16(18)21/h2-9,13-14H,1H3/t9-,13+,14+/m1/s1. The average Bonchev–Trinajstić information content (AvgIpc) is 3.21. The van der Waals surface area contributed by atoms with Crippen LogP contribution in [0.15, 0.2) is 41.8 Å². The minimum absolute atomic E-state index is 0.0524. The molecule has 0 radical (unpaired) electrons. The van der Waals surface area contributed by atoms with Crippen LogP contribution in [0.4, 0.5) is 0 Å². The van der Waals surface area contributed by atoms with Crippen LogP contribution in [0.25, 0.3) is 0 Å². The predicted molar refractivity (Wildman–Crippen MR) is 90.9 cm³/mol. The second kappa shape index (κ2) is 5.57. The molecule has 0 bridgehead atoms. The fourth-order valence-corrected chi connectivity index (χ4v) is 4.85. The Labute approximate surface area is 151 Å². The van der Waals surface area contributed by atoms with Crippen molar-refractivity contribution in [2.75, 3.05) is 0 Å². The maximum Gasteiger partial charge on any atom is 0.311 e. The van der Waals surface area contributed by atoms with Crippen LogP contribution in [-0.2, 0) is 9.53 Å². The van der Waals surface area contributed by atoms with E-state index in [2.05, 4.69) is 0 Å². The summed E-state index contributed by atoms with van der Waals surface area (Å²) in [5.41, 5.74) is -2.33. The molecule has 1 aliphatic carbocycles. The Morgan fingerprint density at radius 2 is 1.69 bits per heavy atom. The van der Waals surface area contributed by atoms with E-state index in [1.165, 1.54) is 30.4 Å². The van der Waals surface area contributed by atoms with Crippen molar-refractivity contribution in [3.63, 3.8) is 0 Å². The van der Waals surface area contributed by atoms with Crippen molar-refractivity contribution in [1.29, 1.82) is 0 Å². The van der Waals surface area contributed by atoms with Crippen molar-refractivity contribution in [2.24, 2.45) is 5.92 Å². The molecule has 7 nitrogen and oxygen atoms in total. The number of carbonyl (C=O) groups is 3. The molecule has 26 heavy (non-hydrogen) atoms. The van der Waals surface area contributed by atoms with Crippen molar-refractivity contribution in [3.05, 3.63) is 67.9 Å². The van der Waals surface area contributed by atoms with E-state index >= 15 is 0 Å². The van der Waals surface area contributed by atoms with Crippen LogP contribution >= 0.6 is 11.3 Å². The minimum Gasteiger partial charge on any atom is -0.434 e. The van der Waals surface area contributed by atoms with Crippen molar-refractivity contribution in [2.45, 2.75) is 24.5 Å². The molecule has 1 fully saturated rings. The molecule has 0 N–H and O–H groups in total. The van der Waals surface area contributed by atoms with E-state index in [-0.39, 0.29) is 11.1 Å². The Balaban J connectivity index is 1.96. The number of hydrogen-bond acceptors (Lipinski definition) is 7. The number of benzene rings is 1. The van der Waals surface area contributed by atoms with E-state index in [1.54, 1.807) is 29.6 Å². The molecule has 8 heteroatoms. The number of nitro groups is 1. The van der Waals surface area contributed by atoms with E-state index in [0.29, 0.717) is 4.88 Å². The first-order chi connectivity index (χ1) is 12.4. The van der Waals surface area contributed by atoms with E-state index in [9.17, 15) is 24.5 Å². The molecule has 2 heterocycles. The van der Waals surface area contributed by atoms with Gasteiger partial charge in [0.15, 0.2) is 0 Å². The van der Waals surface area contributed by atoms with Gasteiger partial charge < -0.3 is 4.74 Å². The molecule has 4 rings (SSSR count). The number of esters is 1. The van der Waals surface area contributed by atoms with Crippen LogP contribution in [0.2, 0.25) is 0 Å². The molecular weight excluding hydrogens is 358 g/mol. The number of Topliss-reactive ketones (excluding diaryl/α,β-unsaturated/α-hetero) is 2. The molecule has 0 saturated carbocycles. The van der Waals surface area contributed by atoms with Crippen molar-refractivity contribution in [1.82, 2.24) is 0 Å². The number of hydrogen-bond donors (Lipinski definition) is 0. The third-order valence-electron chi connectivity index (χ3n) is 5.12. The normalized spacial score (nSPS) is 26.7. The molecule has 1 aliphatic heterocycles. The zero-order valence-corrected chi connectivity index (χ0v) is 14.4. The van der Waals surface area contributed by atoms with Gasteiger partial charge in [0.25, 0.3) is 6.04 Å². The highest BCUT2D eigenvalue weighted by Gasteiger charge is 2.72. The molecule has 132 valence electrons. The highest BCUT2D eigenvalue weighted by atomic mass is 32.1. The number of ketones is 2. The molecular formula is C18H13NO6S. The first kappa shape index (κ1) is 16.6. The lowest BCUT2D eigenvalue weighted by Gasteiger charge is -2.39. The zero-order valence-electron chi connectivity index (χ0n) is 13.6. The lowest BCUT2D eigenvalue weighted by atomic mass is 9.72. The van der Waals surface area contributed by atoms with Gasteiger partial charge in [-0.1, -0.05) is 37.3 Å². The van der Waals surface area contributed by atoms with Crippen LogP contribution in [0, 0.1) is 16.0 Å². The summed E-state index contributed by atoms with van der Waals surface area (Å²) in [6.07, 6.45) is 0.